The number of fused-ring (bicyclic) bond motifs is 1. The molecule has 0 spiro atoms. The number of aryl methyl sites for hydroxylation is 1. The number of carbonyl (C=O) groups excluding carboxylic acids is 1. The summed E-state index contributed by atoms with van der Waals surface area (Å²) in [7, 11) is -3.01. The molecule has 0 radical (unpaired) electrons. The number of nitrogens with zero attached hydrogens (tertiary/aromatic N) is 2. The third kappa shape index (κ3) is 2.92. The van der Waals surface area contributed by atoms with E-state index in [1.807, 2.05) is 36.1 Å². The van der Waals surface area contributed by atoms with Crippen molar-refractivity contribution in [1.82, 2.24) is 0 Å². The molecule has 0 bridgehead atoms. The van der Waals surface area contributed by atoms with Crippen molar-refractivity contribution in [2.45, 2.75) is 31.1 Å². The van der Waals surface area contributed by atoms with E-state index >= 15 is 0 Å². The lowest BCUT2D eigenvalue weighted by Gasteiger charge is -2.24. The van der Waals surface area contributed by atoms with Gasteiger partial charge in [0.15, 0.2) is 15.0 Å². The summed E-state index contributed by atoms with van der Waals surface area (Å²) < 4.78 is 24.0. The maximum Gasteiger partial charge on any atom is 0.251 e. The number of rotatable bonds is 2. The highest BCUT2D eigenvalue weighted by Gasteiger charge is 2.49. The van der Waals surface area contributed by atoms with Crippen LogP contribution in [0.3, 0.4) is 0 Å². The summed E-state index contributed by atoms with van der Waals surface area (Å²) in [5, 5.41) is 0.628. The van der Waals surface area contributed by atoms with Crippen LogP contribution in [0, 0.1) is 12.8 Å². The summed E-state index contributed by atoms with van der Waals surface area (Å²) >= 11 is 1.44. The average Bonchev–Trinajstić information content (AvgIpc) is 3.20. The highest BCUT2D eigenvalue weighted by Crippen LogP contribution is 2.41. The monoisotopic (exact) mass is 350 g/mol. The molecule has 4 rings (SSSR count). The van der Waals surface area contributed by atoms with Gasteiger partial charge in [0, 0.05) is 16.9 Å². The first-order valence-corrected chi connectivity index (χ1v) is 10.5. The summed E-state index contributed by atoms with van der Waals surface area (Å²) in [5.41, 5.74) is 2.02. The van der Waals surface area contributed by atoms with Gasteiger partial charge in [-0.2, -0.15) is 4.99 Å². The fraction of sp³-hybridized carbons (Fsp3) is 0.500. The van der Waals surface area contributed by atoms with E-state index in [-0.39, 0.29) is 34.6 Å². The molecule has 3 aliphatic rings. The lowest BCUT2D eigenvalue weighted by Crippen LogP contribution is -2.37. The van der Waals surface area contributed by atoms with Gasteiger partial charge in [-0.15, -0.1) is 0 Å². The molecule has 7 heteroatoms. The summed E-state index contributed by atoms with van der Waals surface area (Å²) in [6.07, 6.45) is 1.85. The van der Waals surface area contributed by atoms with E-state index in [9.17, 15) is 13.2 Å². The van der Waals surface area contributed by atoms with Crippen molar-refractivity contribution < 1.29 is 13.2 Å². The summed E-state index contributed by atoms with van der Waals surface area (Å²) in [6.45, 7) is 2.00. The Bertz CT molecular complexity index is 799. The number of thioether (sulfide) groups is 1. The number of amidine groups is 1. The topological polar surface area (TPSA) is 66.8 Å². The molecule has 3 fully saturated rings. The minimum atomic E-state index is -3.01. The van der Waals surface area contributed by atoms with E-state index in [4.69, 9.17) is 0 Å². The van der Waals surface area contributed by atoms with Crippen molar-refractivity contribution in [2.24, 2.45) is 10.9 Å². The van der Waals surface area contributed by atoms with Crippen molar-refractivity contribution in [3.63, 3.8) is 0 Å². The summed E-state index contributed by atoms with van der Waals surface area (Å²) in [5.74, 6) is 0.316. The first-order valence-electron chi connectivity index (χ1n) is 7.78. The lowest BCUT2D eigenvalue weighted by atomic mass is 10.1. The van der Waals surface area contributed by atoms with E-state index in [1.165, 1.54) is 11.8 Å². The smallest absolute Gasteiger partial charge is 0.251 e. The largest absolute Gasteiger partial charge is 0.316 e. The Hall–Kier alpha value is -1.34. The summed E-state index contributed by atoms with van der Waals surface area (Å²) in [4.78, 5) is 18.4. The molecular formula is C16H18N2O3S2. The van der Waals surface area contributed by atoms with E-state index in [0.29, 0.717) is 5.17 Å². The van der Waals surface area contributed by atoms with Crippen molar-refractivity contribution in [1.29, 1.82) is 0 Å². The van der Waals surface area contributed by atoms with Gasteiger partial charge in [-0.05, 0) is 37.5 Å². The van der Waals surface area contributed by atoms with Crippen LogP contribution in [0.1, 0.15) is 18.4 Å². The molecule has 23 heavy (non-hydrogen) atoms. The van der Waals surface area contributed by atoms with Gasteiger partial charge in [-0.25, -0.2) is 8.42 Å². The zero-order valence-electron chi connectivity index (χ0n) is 12.8. The fourth-order valence-electron chi connectivity index (χ4n) is 3.16. The van der Waals surface area contributed by atoms with Crippen molar-refractivity contribution in [3.8, 4) is 0 Å². The maximum absolute atomic E-state index is 12.1. The van der Waals surface area contributed by atoms with Crippen LogP contribution in [-0.4, -0.2) is 42.3 Å². The molecule has 1 aromatic carbocycles. The number of hydrogen-bond acceptors (Lipinski definition) is 4. The van der Waals surface area contributed by atoms with Gasteiger partial charge in [-0.1, -0.05) is 23.9 Å². The minimum absolute atomic E-state index is 0.0359. The molecule has 1 aliphatic carbocycles. The normalized spacial score (nSPS) is 30.7. The van der Waals surface area contributed by atoms with Gasteiger partial charge < -0.3 is 4.90 Å². The molecule has 0 unspecified atom stereocenters. The number of amides is 1. The second-order valence-electron chi connectivity index (χ2n) is 6.52. The molecule has 0 aromatic heterocycles. The minimum Gasteiger partial charge on any atom is -0.316 e. The zero-order chi connectivity index (χ0) is 16.2. The maximum atomic E-state index is 12.1. The molecule has 1 amide bonds. The molecule has 2 aliphatic heterocycles. The van der Waals surface area contributed by atoms with Crippen LogP contribution in [0.25, 0.3) is 0 Å². The molecule has 1 saturated carbocycles. The average molecular weight is 350 g/mol. The van der Waals surface area contributed by atoms with Crippen LogP contribution in [-0.2, 0) is 14.6 Å². The Morgan fingerprint density at radius 2 is 2.09 bits per heavy atom. The molecule has 5 nitrogen and oxygen atoms in total. The number of sulfone groups is 1. The van der Waals surface area contributed by atoms with Crippen LogP contribution in [0.5, 0.6) is 0 Å². The number of aliphatic imine (C=N–C) groups is 1. The van der Waals surface area contributed by atoms with Gasteiger partial charge in [0.05, 0.1) is 17.5 Å². The molecule has 2 saturated heterocycles. The number of anilines is 1. The Morgan fingerprint density at radius 1 is 1.30 bits per heavy atom. The first-order chi connectivity index (χ1) is 10.9. The quantitative estimate of drug-likeness (QED) is 0.816. The van der Waals surface area contributed by atoms with Gasteiger partial charge in [0.1, 0.15) is 0 Å². The third-order valence-electron chi connectivity index (χ3n) is 4.48. The summed E-state index contributed by atoms with van der Waals surface area (Å²) in [6, 6.07) is 7.80. The molecular weight excluding hydrogens is 332 g/mol. The molecule has 0 N–H and O–H groups in total. The zero-order valence-corrected chi connectivity index (χ0v) is 14.4. The van der Waals surface area contributed by atoms with Crippen LogP contribution in [0.4, 0.5) is 5.69 Å². The van der Waals surface area contributed by atoms with Gasteiger partial charge in [0.2, 0.25) is 0 Å². The standard InChI is InChI=1S/C16H18N2O3S2/c1-10-3-2-4-12(7-10)18-13-8-23(20,21)9-14(13)22-16(18)17-15(19)11-5-6-11/h2-4,7,11,13-14H,5-6,8-9H2,1H3/t13-,14+/m1/s1. The Morgan fingerprint density at radius 3 is 2.78 bits per heavy atom. The second kappa shape index (κ2) is 5.34. The lowest BCUT2D eigenvalue weighted by molar-refractivity contribution is -0.118. The highest BCUT2D eigenvalue weighted by atomic mass is 32.2. The molecule has 1 aromatic rings. The predicted octanol–water partition coefficient (Wildman–Crippen LogP) is 2.01. The van der Waals surface area contributed by atoms with Crippen molar-refractivity contribution in [3.05, 3.63) is 29.8 Å². The van der Waals surface area contributed by atoms with E-state index in [2.05, 4.69) is 4.99 Å². The highest BCUT2D eigenvalue weighted by molar-refractivity contribution is 8.16. The van der Waals surface area contributed by atoms with Crippen LogP contribution < -0.4 is 4.90 Å². The van der Waals surface area contributed by atoms with E-state index < -0.39 is 9.84 Å². The first kappa shape index (κ1) is 15.2. The van der Waals surface area contributed by atoms with Crippen LogP contribution >= 0.6 is 11.8 Å². The number of carbonyl (C=O) groups is 1. The Labute approximate surface area is 140 Å². The van der Waals surface area contributed by atoms with Crippen LogP contribution in [0.2, 0.25) is 0 Å². The van der Waals surface area contributed by atoms with Gasteiger partial charge in [0.25, 0.3) is 5.91 Å². The molecule has 2 heterocycles. The molecule has 122 valence electrons. The van der Waals surface area contributed by atoms with Gasteiger partial charge >= 0.3 is 0 Å². The van der Waals surface area contributed by atoms with Crippen molar-refractivity contribution >= 4 is 38.4 Å². The molecule has 2 atom stereocenters. The van der Waals surface area contributed by atoms with Crippen molar-refractivity contribution in [2.75, 3.05) is 16.4 Å². The van der Waals surface area contributed by atoms with E-state index in [0.717, 1.165) is 24.1 Å². The Kier molecular flexibility index (Phi) is 3.53. The van der Waals surface area contributed by atoms with Crippen LogP contribution in [0.15, 0.2) is 29.3 Å². The predicted molar refractivity (Wildman–Crippen MR) is 92.6 cm³/mol. The Balaban J connectivity index is 1.73. The number of benzene rings is 1. The SMILES string of the molecule is Cc1cccc(N2C(=NC(=O)C3CC3)S[C@H]3CS(=O)(=O)C[C@H]32)c1. The fourth-order valence-corrected chi connectivity index (χ4v) is 7.08. The van der Waals surface area contributed by atoms with Gasteiger partial charge in [-0.3, -0.25) is 4.79 Å². The number of hydrogen-bond donors (Lipinski definition) is 0. The van der Waals surface area contributed by atoms with E-state index in [1.54, 1.807) is 0 Å². The second-order valence-corrected chi connectivity index (χ2v) is 9.88. The third-order valence-corrected chi connectivity index (χ3v) is 7.69.